The molecule has 6 nitrogen and oxygen atoms in total. The number of ether oxygens (including phenoxy) is 2. The Morgan fingerprint density at radius 2 is 2.00 bits per heavy atom. The van der Waals surface area contributed by atoms with Crippen LogP contribution in [0.1, 0.15) is 11.1 Å². The maximum absolute atomic E-state index is 12.4. The number of carbonyl (C=O) groups is 1. The van der Waals surface area contributed by atoms with Crippen molar-refractivity contribution in [2.45, 2.75) is 13.5 Å². The molecular weight excluding hydrogens is 382 g/mol. The summed E-state index contributed by atoms with van der Waals surface area (Å²) in [7, 11) is 3.29. The van der Waals surface area contributed by atoms with Crippen molar-refractivity contribution in [2.24, 2.45) is 0 Å². The molecule has 0 aliphatic carbocycles. The SMILES string of the molecule is COc1cccc(CN(C)C(=O)COc2cc3oc(=O)cc(C)c3cc2Cl)c1. The summed E-state index contributed by atoms with van der Waals surface area (Å²) in [5, 5.41) is 1.06. The first kappa shape index (κ1) is 19.8. The normalized spacial score (nSPS) is 10.7. The summed E-state index contributed by atoms with van der Waals surface area (Å²) in [6.07, 6.45) is 0. The van der Waals surface area contributed by atoms with Crippen molar-refractivity contribution < 1.29 is 18.7 Å². The van der Waals surface area contributed by atoms with Crippen LogP contribution in [0.2, 0.25) is 5.02 Å². The molecule has 28 heavy (non-hydrogen) atoms. The molecule has 3 rings (SSSR count). The van der Waals surface area contributed by atoms with Gasteiger partial charge in [-0.05, 0) is 36.2 Å². The maximum Gasteiger partial charge on any atom is 0.336 e. The van der Waals surface area contributed by atoms with Crippen molar-refractivity contribution in [3.8, 4) is 11.5 Å². The van der Waals surface area contributed by atoms with Crippen molar-refractivity contribution in [3.63, 3.8) is 0 Å². The lowest BCUT2D eigenvalue weighted by atomic mass is 10.1. The lowest BCUT2D eigenvalue weighted by Gasteiger charge is -2.18. The molecule has 0 radical (unpaired) electrons. The first-order chi connectivity index (χ1) is 13.4. The Bertz CT molecular complexity index is 1080. The number of hydrogen-bond donors (Lipinski definition) is 0. The second-order valence-corrected chi connectivity index (χ2v) is 6.82. The molecule has 3 aromatic rings. The van der Waals surface area contributed by atoms with Gasteiger partial charge in [-0.2, -0.15) is 0 Å². The molecule has 0 saturated heterocycles. The van der Waals surface area contributed by atoms with Crippen LogP contribution in [-0.4, -0.2) is 31.6 Å². The first-order valence-electron chi connectivity index (χ1n) is 8.61. The van der Waals surface area contributed by atoms with Crippen molar-refractivity contribution >= 4 is 28.5 Å². The molecule has 2 aromatic carbocycles. The minimum absolute atomic E-state index is 0.193. The van der Waals surface area contributed by atoms with E-state index in [1.807, 2.05) is 24.3 Å². The topological polar surface area (TPSA) is 69.0 Å². The van der Waals surface area contributed by atoms with E-state index in [-0.39, 0.29) is 18.3 Å². The zero-order valence-corrected chi connectivity index (χ0v) is 16.6. The molecule has 1 amide bonds. The lowest BCUT2D eigenvalue weighted by Crippen LogP contribution is -2.31. The van der Waals surface area contributed by atoms with Gasteiger partial charge in [-0.1, -0.05) is 23.7 Å². The zero-order valence-electron chi connectivity index (χ0n) is 15.8. The number of rotatable bonds is 6. The standard InChI is InChI=1S/C21H20ClNO5/c1-13-7-21(25)28-18-10-19(17(22)9-16(13)18)27-12-20(24)23(2)11-14-5-4-6-15(8-14)26-3/h4-10H,11-12H2,1-3H3. The van der Waals surface area contributed by atoms with Gasteiger partial charge in [-0.15, -0.1) is 0 Å². The van der Waals surface area contributed by atoms with E-state index in [4.69, 9.17) is 25.5 Å². The molecule has 146 valence electrons. The third-order valence-corrected chi connectivity index (χ3v) is 4.63. The van der Waals surface area contributed by atoms with Crippen LogP contribution in [0.25, 0.3) is 11.0 Å². The van der Waals surface area contributed by atoms with Crippen LogP contribution < -0.4 is 15.1 Å². The number of halogens is 1. The molecule has 0 aliphatic rings. The Kier molecular flexibility index (Phi) is 5.90. The Morgan fingerprint density at radius 1 is 1.21 bits per heavy atom. The number of amides is 1. The average molecular weight is 402 g/mol. The van der Waals surface area contributed by atoms with Gasteiger partial charge in [0, 0.05) is 31.1 Å². The molecule has 1 heterocycles. The van der Waals surface area contributed by atoms with Crippen molar-refractivity contribution in [3.05, 3.63) is 69.0 Å². The Morgan fingerprint density at radius 3 is 2.75 bits per heavy atom. The minimum Gasteiger partial charge on any atom is -0.497 e. The molecule has 0 unspecified atom stereocenters. The van der Waals surface area contributed by atoms with Crippen LogP contribution in [-0.2, 0) is 11.3 Å². The van der Waals surface area contributed by atoms with Crippen LogP contribution >= 0.6 is 11.6 Å². The van der Waals surface area contributed by atoms with E-state index >= 15 is 0 Å². The summed E-state index contributed by atoms with van der Waals surface area (Å²) in [4.78, 5) is 25.5. The van der Waals surface area contributed by atoms with Gasteiger partial charge in [-0.25, -0.2) is 4.79 Å². The Balaban J connectivity index is 1.69. The summed E-state index contributed by atoms with van der Waals surface area (Å²) in [5.74, 6) is 0.796. The third kappa shape index (κ3) is 4.46. The summed E-state index contributed by atoms with van der Waals surface area (Å²) < 4.78 is 16.0. The van der Waals surface area contributed by atoms with Gasteiger partial charge in [-0.3, -0.25) is 4.79 Å². The number of benzene rings is 2. The largest absolute Gasteiger partial charge is 0.497 e. The minimum atomic E-state index is -0.452. The van der Waals surface area contributed by atoms with Crippen LogP contribution in [0.3, 0.4) is 0 Å². The fourth-order valence-corrected chi connectivity index (χ4v) is 3.03. The maximum atomic E-state index is 12.4. The molecule has 0 saturated carbocycles. The smallest absolute Gasteiger partial charge is 0.336 e. The summed E-state index contributed by atoms with van der Waals surface area (Å²) >= 11 is 6.26. The van der Waals surface area contributed by atoms with Crippen LogP contribution in [0, 0.1) is 6.92 Å². The molecule has 0 bridgehead atoms. The number of aryl methyl sites for hydroxylation is 1. The fraction of sp³-hybridized carbons (Fsp3) is 0.238. The highest BCUT2D eigenvalue weighted by atomic mass is 35.5. The quantitative estimate of drug-likeness (QED) is 0.587. The molecule has 0 spiro atoms. The Hall–Kier alpha value is -2.99. The number of fused-ring (bicyclic) bond motifs is 1. The predicted octanol–water partition coefficient (Wildman–Crippen LogP) is 3.80. The van der Waals surface area contributed by atoms with E-state index in [9.17, 15) is 9.59 Å². The predicted molar refractivity (Wildman–Crippen MR) is 107 cm³/mol. The number of methoxy groups -OCH3 is 1. The molecule has 0 N–H and O–H groups in total. The third-order valence-electron chi connectivity index (χ3n) is 4.33. The van der Waals surface area contributed by atoms with Crippen LogP contribution in [0.4, 0.5) is 0 Å². The molecule has 1 aromatic heterocycles. The summed E-state index contributed by atoms with van der Waals surface area (Å²) in [6.45, 7) is 2.02. The molecule has 0 fully saturated rings. The zero-order chi connectivity index (χ0) is 20.3. The molecule has 0 aliphatic heterocycles. The van der Waals surface area contributed by atoms with Gasteiger partial charge >= 0.3 is 5.63 Å². The second-order valence-electron chi connectivity index (χ2n) is 6.42. The Labute approximate surface area is 167 Å². The van der Waals surface area contributed by atoms with Gasteiger partial charge in [0.05, 0.1) is 12.1 Å². The van der Waals surface area contributed by atoms with Crippen LogP contribution in [0.5, 0.6) is 11.5 Å². The first-order valence-corrected chi connectivity index (χ1v) is 8.99. The average Bonchev–Trinajstić information content (AvgIpc) is 2.66. The van der Waals surface area contributed by atoms with E-state index in [0.29, 0.717) is 17.2 Å². The van der Waals surface area contributed by atoms with Crippen LogP contribution in [0.15, 0.2) is 51.7 Å². The molecule has 7 heteroatoms. The molecule has 0 atom stereocenters. The second kappa shape index (κ2) is 8.35. The monoisotopic (exact) mass is 401 g/mol. The summed E-state index contributed by atoms with van der Waals surface area (Å²) in [6, 6.07) is 12.1. The van der Waals surface area contributed by atoms with Gasteiger partial charge in [0.15, 0.2) is 6.61 Å². The van der Waals surface area contributed by atoms with Gasteiger partial charge in [0.1, 0.15) is 17.1 Å². The van der Waals surface area contributed by atoms with Gasteiger partial charge in [0.25, 0.3) is 5.91 Å². The molecular formula is C21H20ClNO5. The number of nitrogens with zero attached hydrogens (tertiary/aromatic N) is 1. The van der Waals surface area contributed by atoms with E-state index < -0.39 is 5.63 Å². The van der Waals surface area contributed by atoms with Gasteiger partial charge < -0.3 is 18.8 Å². The van der Waals surface area contributed by atoms with E-state index in [1.54, 1.807) is 32.0 Å². The highest BCUT2D eigenvalue weighted by Crippen LogP contribution is 2.31. The fourth-order valence-electron chi connectivity index (χ4n) is 2.81. The number of carbonyl (C=O) groups excluding carboxylic acids is 1. The number of hydrogen-bond acceptors (Lipinski definition) is 5. The van der Waals surface area contributed by atoms with Crippen molar-refractivity contribution in [2.75, 3.05) is 20.8 Å². The van der Waals surface area contributed by atoms with Gasteiger partial charge in [0.2, 0.25) is 0 Å². The number of likely N-dealkylation sites (N-methyl/N-ethyl adjacent to an activating group) is 1. The van der Waals surface area contributed by atoms with Crippen molar-refractivity contribution in [1.29, 1.82) is 0 Å². The lowest BCUT2D eigenvalue weighted by molar-refractivity contribution is -0.132. The van der Waals surface area contributed by atoms with Crippen molar-refractivity contribution in [1.82, 2.24) is 4.90 Å². The highest BCUT2D eigenvalue weighted by molar-refractivity contribution is 6.32. The van der Waals surface area contributed by atoms with E-state index in [1.165, 1.54) is 12.1 Å². The van der Waals surface area contributed by atoms with E-state index in [0.717, 1.165) is 22.3 Å². The van der Waals surface area contributed by atoms with E-state index in [2.05, 4.69) is 0 Å². The highest BCUT2D eigenvalue weighted by Gasteiger charge is 2.14. The summed E-state index contributed by atoms with van der Waals surface area (Å²) in [5.41, 5.74) is 1.61.